The number of anilines is 2. The number of hydrogen-bond acceptors (Lipinski definition) is 10. The Morgan fingerprint density at radius 3 is 1.98 bits per heavy atom. The lowest BCUT2D eigenvalue weighted by molar-refractivity contribution is 0.0927. The number of benzene rings is 4. The van der Waals surface area contributed by atoms with Gasteiger partial charge in [-0.3, -0.25) is 9.59 Å². The number of aromatic nitrogens is 2. The van der Waals surface area contributed by atoms with Gasteiger partial charge in [0.15, 0.2) is 10.3 Å². The van der Waals surface area contributed by atoms with Crippen LogP contribution < -0.4 is 31.6 Å². The Morgan fingerprint density at radius 2 is 1.29 bits per heavy atom. The van der Waals surface area contributed by atoms with Crippen LogP contribution in [0.5, 0.6) is 11.5 Å². The topological polar surface area (TPSA) is 154 Å². The molecular formula is C36H32N6O4S2. The van der Waals surface area contributed by atoms with Crippen molar-refractivity contribution in [3.8, 4) is 34.0 Å². The van der Waals surface area contributed by atoms with Gasteiger partial charge in [0.25, 0.3) is 11.8 Å². The highest BCUT2D eigenvalue weighted by Gasteiger charge is 2.11. The van der Waals surface area contributed by atoms with E-state index in [2.05, 4.69) is 20.6 Å². The molecule has 12 heteroatoms. The van der Waals surface area contributed by atoms with Crippen LogP contribution >= 0.6 is 22.7 Å². The predicted octanol–water partition coefficient (Wildman–Crippen LogP) is 6.42. The lowest BCUT2D eigenvalue weighted by Crippen LogP contribution is -2.34. The van der Waals surface area contributed by atoms with Crippen molar-refractivity contribution >= 4 is 44.8 Å². The minimum absolute atomic E-state index is 0.230. The molecule has 0 fully saturated rings. The number of hydrogen-bond donors (Lipinski definition) is 4. The molecule has 0 aliphatic heterocycles. The molecule has 10 nitrogen and oxygen atoms in total. The van der Waals surface area contributed by atoms with Crippen LogP contribution in [0.15, 0.2) is 108 Å². The standard InChI is InChI=1S/C36H32N6O4S2/c37-35-41-30(21-47-35)25-12-14-28(15-13-25)45-20-24-4-3-5-27(18-24)34(44)40-17-16-39-33(43)26-10-8-23(9-11-26)19-46-32-7-2-1-6-29(32)31-22-48-36(38)42-31/h1-15,18,21-22H,16-17,19-20H2,(H2,37,41)(H2,38,42)(H,39,43)(H,40,44). The molecule has 2 aromatic heterocycles. The molecule has 0 atom stereocenters. The van der Waals surface area contributed by atoms with Crippen LogP contribution in [0, 0.1) is 0 Å². The van der Waals surface area contributed by atoms with Crippen molar-refractivity contribution in [2.45, 2.75) is 13.2 Å². The zero-order valence-corrected chi connectivity index (χ0v) is 27.4. The molecule has 0 saturated carbocycles. The largest absolute Gasteiger partial charge is 0.489 e. The van der Waals surface area contributed by atoms with Crippen LogP contribution in [0.1, 0.15) is 31.8 Å². The lowest BCUT2D eigenvalue weighted by Gasteiger charge is -2.11. The summed E-state index contributed by atoms with van der Waals surface area (Å²) >= 11 is 2.78. The van der Waals surface area contributed by atoms with E-state index in [1.807, 2.05) is 83.6 Å². The summed E-state index contributed by atoms with van der Waals surface area (Å²) in [4.78, 5) is 34.1. The van der Waals surface area contributed by atoms with Crippen molar-refractivity contribution in [2.24, 2.45) is 0 Å². The highest BCUT2D eigenvalue weighted by atomic mass is 32.1. The molecule has 4 aromatic carbocycles. The molecule has 0 aliphatic carbocycles. The molecule has 0 spiro atoms. The number of carbonyl (C=O) groups excluding carboxylic acids is 2. The van der Waals surface area contributed by atoms with Gasteiger partial charge in [-0.25, -0.2) is 9.97 Å². The minimum atomic E-state index is -0.234. The minimum Gasteiger partial charge on any atom is -0.489 e. The summed E-state index contributed by atoms with van der Waals surface area (Å²) in [5.74, 6) is 0.941. The van der Waals surface area contributed by atoms with E-state index in [0.29, 0.717) is 46.1 Å². The summed E-state index contributed by atoms with van der Waals surface area (Å²) in [6.45, 7) is 1.19. The van der Waals surface area contributed by atoms with Crippen molar-refractivity contribution in [3.63, 3.8) is 0 Å². The number of para-hydroxylation sites is 1. The zero-order valence-electron chi connectivity index (χ0n) is 25.7. The number of thiazole rings is 2. The smallest absolute Gasteiger partial charge is 0.251 e. The summed E-state index contributed by atoms with van der Waals surface area (Å²) in [5.41, 5.74) is 17.7. The molecule has 0 aliphatic rings. The van der Waals surface area contributed by atoms with Gasteiger partial charge in [0.1, 0.15) is 24.7 Å². The molecule has 6 rings (SSSR count). The molecule has 48 heavy (non-hydrogen) atoms. The Hall–Kier alpha value is -5.72. The molecule has 242 valence electrons. The maximum Gasteiger partial charge on any atom is 0.251 e. The van der Waals surface area contributed by atoms with Crippen molar-refractivity contribution < 1.29 is 19.1 Å². The van der Waals surface area contributed by atoms with Gasteiger partial charge in [-0.15, -0.1) is 22.7 Å². The van der Waals surface area contributed by atoms with Crippen LogP contribution in [0.25, 0.3) is 22.5 Å². The third-order valence-corrected chi connectivity index (χ3v) is 8.61. The van der Waals surface area contributed by atoms with E-state index in [1.54, 1.807) is 24.3 Å². The van der Waals surface area contributed by atoms with Crippen molar-refractivity contribution in [2.75, 3.05) is 24.6 Å². The lowest BCUT2D eigenvalue weighted by atomic mass is 10.1. The monoisotopic (exact) mass is 676 g/mol. The predicted molar refractivity (Wildman–Crippen MR) is 190 cm³/mol. The maximum atomic E-state index is 12.8. The van der Waals surface area contributed by atoms with Crippen molar-refractivity contribution in [1.29, 1.82) is 0 Å². The Bertz CT molecular complexity index is 2010. The van der Waals surface area contributed by atoms with Crippen LogP contribution in [-0.2, 0) is 13.2 Å². The van der Waals surface area contributed by atoms with Gasteiger partial charge in [-0.05, 0) is 71.8 Å². The average Bonchev–Trinajstić information content (AvgIpc) is 3.76. The second kappa shape index (κ2) is 15.2. The highest BCUT2D eigenvalue weighted by Crippen LogP contribution is 2.32. The zero-order chi connectivity index (χ0) is 33.3. The van der Waals surface area contributed by atoms with E-state index in [9.17, 15) is 9.59 Å². The fourth-order valence-electron chi connectivity index (χ4n) is 4.80. The molecule has 2 heterocycles. The molecule has 2 amide bonds. The number of nitrogens with zero attached hydrogens (tertiary/aromatic N) is 2. The van der Waals surface area contributed by atoms with Gasteiger partial charge < -0.3 is 31.6 Å². The normalized spacial score (nSPS) is 10.8. The van der Waals surface area contributed by atoms with E-state index >= 15 is 0 Å². The summed E-state index contributed by atoms with van der Waals surface area (Å²) in [7, 11) is 0. The van der Waals surface area contributed by atoms with Gasteiger partial charge in [0.2, 0.25) is 0 Å². The van der Waals surface area contributed by atoms with Crippen LogP contribution in [0.3, 0.4) is 0 Å². The number of nitrogens with two attached hydrogens (primary N) is 2. The SMILES string of the molecule is Nc1nc(-c2ccc(OCc3cccc(C(=O)NCCNC(=O)c4ccc(COc5ccccc5-c5csc(N)n5)cc4)c3)cc2)cs1. The fourth-order valence-corrected chi connectivity index (χ4v) is 5.93. The second-order valence-corrected chi connectivity index (χ2v) is 12.4. The van der Waals surface area contributed by atoms with E-state index in [1.165, 1.54) is 22.7 Å². The van der Waals surface area contributed by atoms with Crippen LogP contribution in [-0.4, -0.2) is 34.9 Å². The molecule has 6 N–H and O–H groups in total. The number of nitrogen functional groups attached to an aromatic ring is 2. The third-order valence-electron chi connectivity index (χ3n) is 7.26. The first kappa shape index (κ1) is 32.2. The van der Waals surface area contributed by atoms with Crippen LogP contribution in [0.4, 0.5) is 10.3 Å². The molecule has 0 saturated heterocycles. The summed E-state index contributed by atoms with van der Waals surface area (Å²) in [6.07, 6.45) is 0. The second-order valence-electron chi connectivity index (χ2n) is 10.6. The van der Waals surface area contributed by atoms with E-state index in [0.717, 1.165) is 33.6 Å². The molecule has 0 radical (unpaired) electrons. The number of amides is 2. The van der Waals surface area contributed by atoms with Crippen molar-refractivity contribution in [3.05, 3.63) is 130 Å². The van der Waals surface area contributed by atoms with Gasteiger partial charge in [-0.1, -0.05) is 36.4 Å². The van der Waals surface area contributed by atoms with Gasteiger partial charge in [0, 0.05) is 46.1 Å². The van der Waals surface area contributed by atoms with Gasteiger partial charge in [-0.2, -0.15) is 0 Å². The fraction of sp³-hybridized carbons (Fsp3) is 0.111. The molecule has 6 aromatic rings. The van der Waals surface area contributed by atoms with Crippen molar-refractivity contribution in [1.82, 2.24) is 20.6 Å². The van der Waals surface area contributed by atoms with E-state index in [4.69, 9.17) is 20.9 Å². The van der Waals surface area contributed by atoms with Gasteiger partial charge in [0.05, 0.1) is 11.4 Å². The number of ether oxygens (including phenoxy) is 2. The number of nitrogens with one attached hydrogen (secondary N) is 2. The van der Waals surface area contributed by atoms with E-state index in [-0.39, 0.29) is 24.9 Å². The Kier molecular flexibility index (Phi) is 10.2. The molecular weight excluding hydrogens is 645 g/mol. The summed E-state index contributed by atoms with van der Waals surface area (Å²) in [6, 6.07) is 29.7. The quantitative estimate of drug-likeness (QED) is 0.102. The Balaban J connectivity index is 0.926. The number of carbonyl (C=O) groups is 2. The van der Waals surface area contributed by atoms with E-state index < -0.39 is 0 Å². The van der Waals surface area contributed by atoms with Crippen LogP contribution in [0.2, 0.25) is 0 Å². The molecule has 0 unspecified atom stereocenters. The average molecular weight is 677 g/mol. The first-order chi connectivity index (χ1) is 23.4. The number of rotatable bonds is 13. The summed E-state index contributed by atoms with van der Waals surface area (Å²) in [5, 5.41) is 10.5. The Labute approximate surface area is 285 Å². The highest BCUT2D eigenvalue weighted by molar-refractivity contribution is 7.14. The maximum absolute atomic E-state index is 12.8. The van der Waals surface area contributed by atoms with Gasteiger partial charge >= 0.3 is 0 Å². The first-order valence-corrected chi connectivity index (χ1v) is 16.8. The third kappa shape index (κ3) is 8.35. The first-order valence-electron chi connectivity index (χ1n) is 15.0. The summed E-state index contributed by atoms with van der Waals surface area (Å²) < 4.78 is 12.0. The Morgan fingerprint density at radius 1 is 0.646 bits per heavy atom. The molecule has 0 bridgehead atoms.